The Morgan fingerprint density at radius 1 is 1.00 bits per heavy atom. The molecule has 1 atom stereocenters. The molecule has 1 aliphatic rings. The van der Waals surface area contributed by atoms with Crippen LogP contribution in [0.3, 0.4) is 0 Å². The van der Waals surface area contributed by atoms with E-state index >= 15 is 0 Å². The van der Waals surface area contributed by atoms with Crippen molar-refractivity contribution in [2.75, 3.05) is 0 Å². The minimum absolute atomic E-state index is 0.0515. The smallest absolute Gasteiger partial charge is 0.240 e. The lowest BCUT2D eigenvalue weighted by molar-refractivity contribution is -0.126. The second kappa shape index (κ2) is 10.7. The van der Waals surface area contributed by atoms with Crippen LogP contribution < -0.4 is 10.0 Å². The molecule has 6 nitrogen and oxygen atoms in total. The fraction of sp³-hybridized carbons (Fsp3) is 0.333. The highest BCUT2D eigenvalue weighted by Gasteiger charge is 2.29. The number of pyridine rings is 1. The number of aryl methyl sites for hydroxylation is 1. The summed E-state index contributed by atoms with van der Waals surface area (Å²) in [6.07, 6.45) is 4.12. The first-order valence-corrected chi connectivity index (χ1v) is 13.3. The van der Waals surface area contributed by atoms with E-state index in [0.29, 0.717) is 25.7 Å². The van der Waals surface area contributed by atoms with Gasteiger partial charge in [0.1, 0.15) is 5.82 Å². The Hall–Kier alpha value is -3.10. The minimum Gasteiger partial charge on any atom is -0.349 e. The third-order valence-electron chi connectivity index (χ3n) is 6.63. The predicted octanol–water partition coefficient (Wildman–Crippen LogP) is 4.91. The zero-order chi connectivity index (χ0) is 25.0. The van der Waals surface area contributed by atoms with E-state index in [9.17, 15) is 17.6 Å². The van der Waals surface area contributed by atoms with Gasteiger partial charge in [-0.05, 0) is 81.0 Å². The standard InChI is InChI=1S/C27H30FN3O3S/c1-18(20-5-11-23(28)12-6-20)30-27(32)22-7-13-24(14-8-22)31-35(33,34)25-15-9-21(10-16-25)26-4-3-17-29-19(26)2/h3-6,9-12,15-18,22,24,31H,7-8,13-14H2,1-2H3,(H,30,32)/t18-,22?,24?/m1/s1. The van der Waals surface area contributed by atoms with Crippen molar-refractivity contribution in [1.82, 2.24) is 15.0 Å². The Morgan fingerprint density at radius 2 is 1.66 bits per heavy atom. The van der Waals surface area contributed by atoms with Gasteiger partial charge in [0.15, 0.2) is 0 Å². The van der Waals surface area contributed by atoms with Crippen molar-refractivity contribution < 1.29 is 17.6 Å². The first-order valence-electron chi connectivity index (χ1n) is 11.8. The Labute approximate surface area is 206 Å². The lowest BCUT2D eigenvalue weighted by Crippen LogP contribution is -2.41. The van der Waals surface area contributed by atoms with Gasteiger partial charge in [-0.1, -0.05) is 30.3 Å². The van der Waals surface area contributed by atoms with Gasteiger partial charge in [-0.3, -0.25) is 9.78 Å². The van der Waals surface area contributed by atoms with Gasteiger partial charge in [0.2, 0.25) is 15.9 Å². The van der Waals surface area contributed by atoms with Crippen molar-refractivity contribution >= 4 is 15.9 Å². The summed E-state index contributed by atoms with van der Waals surface area (Å²) in [6.45, 7) is 3.79. The van der Waals surface area contributed by atoms with Crippen LogP contribution in [-0.4, -0.2) is 25.4 Å². The monoisotopic (exact) mass is 495 g/mol. The minimum atomic E-state index is -3.66. The molecule has 0 spiro atoms. The summed E-state index contributed by atoms with van der Waals surface area (Å²) >= 11 is 0. The van der Waals surface area contributed by atoms with Gasteiger partial charge in [0.25, 0.3) is 0 Å². The largest absolute Gasteiger partial charge is 0.349 e. The second-order valence-corrected chi connectivity index (χ2v) is 10.8. The number of rotatable bonds is 7. The highest BCUT2D eigenvalue weighted by Crippen LogP contribution is 2.28. The lowest BCUT2D eigenvalue weighted by atomic mass is 9.85. The molecule has 3 aromatic rings. The number of benzene rings is 2. The third-order valence-corrected chi connectivity index (χ3v) is 8.17. The average Bonchev–Trinajstić information content (AvgIpc) is 2.85. The first-order chi connectivity index (χ1) is 16.7. The molecule has 35 heavy (non-hydrogen) atoms. The van der Waals surface area contributed by atoms with Gasteiger partial charge in [-0.15, -0.1) is 0 Å². The lowest BCUT2D eigenvalue weighted by Gasteiger charge is -2.29. The molecule has 1 heterocycles. The van der Waals surface area contributed by atoms with Gasteiger partial charge in [0, 0.05) is 29.4 Å². The quantitative estimate of drug-likeness (QED) is 0.488. The van der Waals surface area contributed by atoms with Gasteiger partial charge < -0.3 is 5.32 Å². The van der Waals surface area contributed by atoms with Crippen molar-refractivity contribution in [3.05, 3.63) is 83.9 Å². The molecule has 1 fully saturated rings. The molecule has 1 aliphatic carbocycles. The molecule has 2 N–H and O–H groups in total. The Kier molecular flexibility index (Phi) is 7.62. The molecule has 8 heteroatoms. The van der Waals surface area contributed by atoms with Crippen LogP contribution in [0, 0.1) is 18.7 Å². The van der Waals surface area contributed by atoms with Crippen LogP contribution in [-0.2, 0) is 14.8 Å². The number of carbonyl (C=O) groups excluding carboxylic acids is 1. The first kappa shape index (κ1) is 25.0. The molecule has 1 amide bonds. The Balaban J connectivity index is 1.31. The highest BCUT2D eigenvalue weighted by molar-refractivity contribution is 7.89. The number of halogens is 1. The molecular weight excluding hydrogens is 465 g/mol. The molecule has 1 saturated carbocycles. The van der Waals surface area contributed by atoms with E-state index in [0.717, 1.165) is 22.4 Å². The van der Waals surface area contributed by atoms with E-state index in [-0.39, 0.29) is 34.6 Å². The fourth-order valence-electron chi connectivity index (χ4n) is 4.53. The average molecular weight is 496 g/mol. The van der Waals surface area contributed by atoms with Crippen LogP contribution in [0.2, 0.25) is 0 Å². The Morgan fingerprint density at radius 3 is 2.29 bits per heavy atom. The van der Waals surface area contributed by atoms with E-state index in [1.807, 2.05) is 26.0 Å². The molecular formula is C27H30FN3O3S. The maximum absolute atomic E-state index is 13.1. The highest BCUT2D eigenvalue weighted by atomic mass is 32.2. The zero-order valence-corrected chi connectivity index (χ0v) is 20.7. The van der Waals surface area contributed by atoms with Crippen LogP contribution in [0.25, 0.3) is 11.1 Å². The number of hydrogen-bond donors (Lipinski definition) is 2. The van der Waals surface area contributed by atoms with Crippen molar-refractivity contribution in [1.29, 1.82) is 0 Å². The summed E-state index contributed by atoms with van der Waals surface area (Å²) in [7, 11) is -3.66. The molecule has 1 aromatic heterocycles. The SMILES string of the molecule is Cc1ncccc1-c1ccc(S(=O)(=O)NC2CCC(C(=O)N[C@H](C)c3ccc(F)cc3)CC2)cc1. The van der Waals surface area contributed by atoms with E-state index in [4.69, 9.17) is 0 Å². The van der Waals surface area contributed by atoms with Gasteiger partial charge in [-0.2, -0.15) is 0 Å². The summed E-state index contributed by atoms with van der Waals surface area (Å²) in [4.78, 5) is 17.2. The number of aromatic nitrogens is 1. The third kappa shape index (κ3) is 6.13. The van der Waals surface area contributed by atoms with Crippen molar-refractivity contribution in [3.8, 4) is 11.1 Å². The van der Waals surface area contributed by atoms with Gasteiger partial charge in [0.05, 0.1) is 10.9 Å². The summed E-state index contributed by atoms with van der Waals surface area (Å²) in [5, 5.41) is 2.99. The maximum Gasteiger partial charge on any atom is 0.240 e. The molecule has 4 rings (SSSR count). The zero-order valence-electron chi connectivity index (χ0n) is 19.9. The van der Waals surface area contributed by atoms with Crippen LogP contribution in [0.15, 0.2) is 71.8 Å². The number of nitrogens with one attached hydrogen (secondary N) is 2. The van der Waals surface area contributed by atoms with E-state index in [1.54, 1.807) is 42.6 Å². The second-order valence-electron chi connectivity index (χ2n) is 9.11. The van der Waals surface area contributed by atoms with Crippen molar-refractivity contribution in [2.45, 2.75) is 56.5 Å². The van der Waals surface area contributed by atoms with E-state index < -0.39 is 10.0 Å². The molecule has 0 aliphatic heterocycles. The molecule has 2 aromatic carbocycles. The van der Waals surface area contributed by atoms with Crippen LogP contribution in [0.4, 0.5) is 4.39 Å². The van der Waals surface area contributed by atoms with Gasteiger partial charge in [-0.25, -0.2) is 17.5 Å². The number of carbonyl (C=O) groups is 1. The number of hydrogen-bond acceptors (Lipinski definition) is 4. The summed E-state index contributed by atoms with van der Waals surface area (Å²) in [5.41, 5.74) is 3.60. The normalized spacial score (nSPS) is 19.2. The summed E-state index contributed by atoms with van der Waals surface area (Å²) in [5.74, 6) is -0.530. The van der Waals surface area contributed by atoms with Gasteiger partial charge >= 0.3 is 0 Å². The topological polar surface area (TPSA) is 88.2 Å². The van der Waals surface area contributed by atoms with E-state index in [1.165, 1.54) is 12.1 Å². The number of sulfonamides is 1. The maximum atomic E-state index is 13.1. The number of nitrogens with zero attached hydrogens (tertiary/aromatic N) is 1. The fourth-order valence-corrected chi connectivity index (χ4v) is 5.83. The molecule has 0 radical (unpaired) electrons. The van der Waals surface area contributed by atoms with Crippen molar-refractivity contribution in [2.24, 2.45) is 5.92 Å². The molecule has 0 bridgehead atoms. The molecule has 184 valence electrons. The Bertz CT molecular complexity index is 1270. The number of amides is 1. The van der Waals surface area contributed by atoms with Crippen LogP contribution in [0.1, 0.15) is 49.9 Å². The van der Waals surface area contributed by atoms with Crippen LogP contribution in [0.5, 0.6) is 0 Å². The van der Waals surface area contributed by atoms with E-state index in [2.05, 4.69) is 15.0 Å². The predicted molar refractivity (Wildman–Crippen MR) is 133 cm³/mol. The van der Waals surface area contributed by atoms with Crippen LogP contribution >= 0.6 is 0 Å². The summed E-state index contributed by atoms with van der Waals surface area (Å²) < 4.78 is 41.8. The molecule has 0 unspecified atom stereocenters. The summed E-state index contributed by atoms with van der Waals surface area (Å²) in [6, 6.07) is 16.3. The van der Waals surface area contributed by atoms with Crippen molar-refractivity contribution in [3.63, 3.8) is 0 Å². The molecule has 0 saturated heterocycles.